The molecule has 0 bridgehead atoms. The summed E-state index contributed by atoms with van der Waals surface area (Å²) in [4.78, 5) is 0. The average Bonchev–Trinajstić information content (AvgIpc) is 2.64. The maximum Gasteiger partial charge on any atom is 0.259 e. The van der Waals surface area contributed by atoms with Crippen LogP contribution in [-0.2, 0) is 21.8 Å². The Kier molecular flexibility index (Phi) is 6.58. The quantitative estimate of drug-likeness (QED) is 0.557. The van der Waals surface area contributed by atoms with Crippen molar-refractivity contribution >= 4 is 37.6 Å². The highest BCUT2D eigenvalue weighted by Crippen LogP contribution is 2.19. The van der Waals surface area contributed by atoms with Crippen molar-refractivity contribution in [1.29, 1.82) is 0 Å². The fourth-order valence-corrected chi connectivity index (χ4v) is 3.26. The molecule has 0 fully saturated rings. The Morgan fingerprint density at radius 1 is 1.56 bits per heavy atom. The summed E-state index contributed by atoms with van der Waals surface area (Å²) in [6.07, 6.45) is 1.90. The van der Waals surface area contributed by atoms with Crippen LogP contribution in [0.25, 0.3) is 0 Å². The minimum Gasteiger partial charge on any atom is -0.381 e. The van der Waals surface area contributed by atoms with Crippen molar-refractivity contribution in [2.24, 2.45) is 7.05 Å². The van der Waals surface area contributed by atoms with E-state index in [1.54, 1.807) is 0 Å². The largest absolute Gasteiger partial charge is 0.381 e. The number of ether oxygens (including phenoxy) is 1. The molecule has 0 spiro atoms. The number of halogens is 2. The summed E-state index contributed by atoms with van der Waals surface area (Å²) in [5, 5.41) is 4.64. The van der Waals surface area contributed by atoms with E-state index < -0.39 is 10.0 Å². The van der Waals surface area contributed by atoms with Crippen molar-refractivity contribution in [3.63, 3.8) is 0 Å². The Morgan fingerprint density at radius 3 is 2.83 bits per heavy atom. The van der Waals surface area contributed by atoms with E-state index in [-0.39, 0.29) is 10.0 Å². The van der Waals surface area contributed by atoms with E-state index in [0.717, 1.165) is 5.33 Å². The van der Waals surface area contributed by atoms with Gasteiger partial charge in [0.2, 0.25) is 0 Å². The molecule has 0 saturated heterocycles. The van der Waals surface area contributed by atoms with Crippen LogP contribution in [0.4, 0.5) is 0 Å². The van der Waals surface area contributed by atoms with Crippen molar-refractivity contribution in [2.75, 3.05) is 25.1 Å². The van der Waals surface area contributed by atoms with Gasteiger partial charge in [0, 0.05) is 25.5 Å². The highest BCUT2D eigenvalue weighted by molar-refractivity contribution is 9.09. The summed E-state index contributed by atoms with van der Waals surface area (Å²) in [6.45, 7) is 1.42. The van der Waals surface area contributed by atoms with E-state index in [4.69, 9.17) is 16.3 Å². The smallest absolute Gasteiger partial charge is 0.259 e. The molecule has 0 unspecified atom stereocenters. The van der Waals surface area contributed by atoms with Crippen LogP contribution >= 0.6 is 27.5 Å². The van der Waals surface area contributed by atoms with Gasteiger partial charge in [-0.2, -0.15) is 5.10 Å². The number of hydrogen-bond acceptors (Lipinski definition) is 4. The second-order valence-corrected chi connectivity index (χ2v) is 6.36. The number of nitrogens with zero attached hydrogens (tertiary/aromatic N) is 2. The third-order valence-electron chi connectivity index (χ3n) is 2.08. The van der Waals surface area contributed by atoms with Crippen LogP contribution in [0.5, 0.6) is 0 Å². The van der Waals surface area contributed by atoms with Crippen LogP contribution in [0.3, 0.4) is 0 Å². The van der Waals surface area contributed by atoms with Gasteiger partial charge >= 0.3 is 0 Å². The molecule has 9 heteroatoms. The number of alkyl halides is 1. The second kappa shape index (κ2) is 7.44. The maximum atomic E-state index is 11.9. The second-order valence-electron chi connectivity index (χ2n) is 3.47. The highest BCUT2D eigenvalue weighted by atomic mass is 79.9. The Balaban J connectivity index is 2.46. The summed E-state index contributed by atoms with van der Waals surface area (Å²) < 4.78 is 32.7. The van der Waals surface area contributed by atoms with E-state index in [1.807, 2.05) is 0 Å². The number of aryl methyl sites for hydroxylation is 1. The van der Waals surface area contributed by atoms with Gasteiger partial charge in [0.15, 0.2) is 5.03 Å². The minimum absolute atomic E-state index is 0.0226. The first-order chi connectivity index (χ1) is 8.49. The molecule has 0 aromatic carbocycles. The van der Waals surface area contributed by atoms with E-state index in [1.165, 1.54) is 17.9 Å². The number of nitrogens with one attached hydrogen (secondary N) is 1. The maximum absolute atomic E-state index is 11.9. The van der Waals surface area contributed by atoms with Gasteiger partial charge in [-0.05, 0) is 6.42 Å². The van der Waals surface area contributed by atoms with Crippen LogP contribution < -0.4 is 4.72 Å². The average molecular weight is 361 g/mol. The molecule has 6 nitrogen and oxygen atoms in total. The predicted molar refractivity (Wildman–Crippen MR) is 72.6 cm³/mol. The van der Waals surface area contributed by atoms with Gasteiger partial charge in [0.25, 0.3) is 10.0 Å². The fourth-order valence-electron chi connectivity index (χ4n) is 1.31. The van der Waals surface area contributed by atoms with Crippen LogP contribution in [-0.4, -0.2) is 43.3 Å². The lowest BCUT2D eigenvalue weighted by atomic mass is 10.5. The molecule has 0 aliphatic heterocycles. The monoisotopic (exact) mass is 359 g/mol. The zero-order valence-corrected chi connectivity index (χ0v) is 13.1. The van der Waals surface area contributed by atoms with Gasteiger partial charge < -0.3 is 4.74 Å². The van der Waals surface area contributed by atoms with Crippen molar-refractivity contribution in [3.8, 4) is 0 Å². The molecule has 0 radical (unpaired) electrons. The summed E-state index contributed by atoms with van der Waals surface area (Å²) in [5.74, 6) is 0. The molecule has 18 heavy (non-hydrogen) atoms. The Hall–Kier alpha value is -0.150. The SMILES string of the molecule is Cn1ncc(Cl)c1S(=O)(=O)NCCCOCCBr. The van der Waals surface area contributed by atoms with E-state index in [9.17, 15) is 8.42 Å². The van der Waals surface area contributed by atoms with Crippen LogP contribution in [0.1, 0.15) is 6.42 Å². The van der Waals surface area contributed by atoms with E-state index >= 15 is 0 Å². The minimum atomic E-state index is -3.62. The topological polar surface area (TPSA) is 73.2 Å². The van der Waals surface area contributed by atoms with Crippen molar-refractivity contribution in [2.45, 2.75) is 11.4 Å². The molecule has 0 aliphatic rings. The molecule has 0 aliphatic carbocycles. The molecular formula is C9H15BrClN3O3S. The first-order valence-corrected chi connectivity index (χ1v) is 8.28. The molecule has 1 heterocycles. The molecule has 1 N–H and O–H groups in total. The summed E-state index contributed by atoms with van der Waals surface area (Å²) >= 11 is 9.01. The van der Waals surface area contributed by atoms with Crippen LogP contribution in [0, 0.1) is 0 Å². The van der Waals surface area contributed by atoms with Crippen molar-refractivity contribution < 1.29 is 13.2 Å². The zero-order chi connectivity index (χ0) is 13.6. The number of hydrogen-bond donors (Lipinski definition) is 1. The highest BCUT2D eigenvalue weighted by Gasteiger charge is 2.21. The number of sulfonamides is 1. The first kappa shape index (κ1) is 15.9. The molecule has 1 rings (SSSR count). The lowest BCUT2D eigenvalue weighted by Gasteiger charge is -2.07. The lowest BCUT2D eigenvalue weighted by molar-refractivity contribution is 0.149. The molecule has 1 aromatic rings. The Morgan fingerprint density at radius 2 is 2.28 bits per heavy atom. The van der Waals surface area contributed by atoms with Crippen LogP contribution in [0.15, 0.2) is 11.2 Å². The van der Waals surface area contributed by atoms with Gasteiger partial charge in [-0.1, -0.05) is 27.5 Å². The van der Waals surface area contributed by atoms with Crippen molar-refractivity contribution in [1.82, 2.24) is 14.5 Å². The zero-order valence-electron chi connectivity index (χ0n) is 9.90. The lowest BCUT2D eigenvalue weighted by Crippen LogP contribution is -2.27. The van der Waals surface area contributed by atoms with Crippen molar-refractivity contribution in [3.05, 3.63) is 11.2 Å². The summed E-state index contributed by atoms with van der Waals surface area (Å²) in [6, 6.07) is 0. The van der Waals surface area contributed by atoms with Gasteiger partial charge in [0.1, 0.15) is 0 Å². The van der Waals surface area contributed by atoms with Gasteiger partial charge in [-0.25, -0.2) is 13.1 Å². The summed E-state index contributed by atoms with van der Waals surface area (Å²) in [7, 11) is -2.09. The van der Waals surface area contributed by atoms with E-state index in [0.29, 0.717) is 26.2 Å². The normalized spacial score (nSPS) is 11.9. The molecule has 0 amide bonds. The number of aromatic nitrogens is 2. The number of rotatable bonds is 8. The molecule has 0 saturated carbocycles. The van der Waals surface area contributed by atoms with Gasteiger partial charge in [-0.3, -0.25) is 4.68 Å². The fraction of sp³-hybridized carbons (Fsp3) is 0.667. The third-order valence-corrected chi connectivity index (χ3v) is 4.37. The van der Waals surface area contributed by atoms with Gasteiger partial charge in [-0.15, -0.1) is 0 Å². The molecule has 1 aromatic heterocycles. The summed E-state index contributed by atoms with van der Waals surface area (Å²) in [5.41, 5.74) is 0. The molecule has 104 valence electrons. The first-order valence-electron chi connectivity index (χ1n) is 5.30. The molecular weight excluding hydrogens is 346 g/mol. The Labute approximate surface area is 120 Å². The third kappa shape index (κ3) is 4.51. The van der Waals surface area contributed by atoms with Crippen LogP contribution in [0.2, 0.25) is 5.02 Å². The van der Waals surface area contributed by atoms with Gasteiger partial charge in [0.05, 0.1) is 17.8 Å². The Bertz CT molecular complexity index is 458. The predicted octanol–water partition coefficient (Wildman–Crippen LogP) is 1.15. The standard InChI is InChI=1S/C9H15BrClN3O3S/c1-14-9(8(11)7-12-14)18(15,16)13-4-2-5-17-6-3-10/h7,13H,2-6H2,1H3. The molecule has 0 atom stereocenters. The van der Waals surface area contributed by atoms with E-state index in [2.05, 4.69) is 25.8 Å².